The van der Waals surface area contributed by atoms with Gasteiger partial charge >= 0.3 is 5.97 Å². The molecule has 2 N–H and O–H groups in total. The van der Waals surface area contributed by atoms with E-state index in [1.165, 1.54) is 7.11 Å². The highest BCUT2D eigenvalue weighted by Crippen LogP contribution is 2.00. The van der Waals surface area contributed by atoms with Gasteiger partial charge in [-0.3, -0.25) is 14.9 Å². The predicted molar refractivity (Wildman–Crippen MR) is 57.9 cm³/mol. The first-order chi connectivity index (χ1) is 7.67. The van der Waals surface area contributed by atoms with Crippen molar-refractivity contribution in [1.82, 2.24) is 10.6 Å². The summed E-state index contributed by atoms with van der Waals surface area (Å²) in [4.78, 5) is 22.3. The van der Waals surface area contributed by atoms with Crippen LogP contribution in [0.2, 0.25) is 0 Å². The number of amides is 1. The summed E-state index contributed by atoms with van der Waals surface area (Å²) in [5, 5.41) is 12.7. The van der Waals surface area contributed by atoms with Gasteiger partial charge in [0.05, 0.1) is 13.5 Å². The summed E-state index contributed by atoms with van der Waals surface area (Å²) >= 11 is 0. The molecule has 1 rings (SSSR count). The number of methoxy groups -OCH3 is 1. The Morgan fingerprint density at radius 3 is 3.00 bits per heavy atom. The minimum absolute atomic E-state index is 0.0289. The van der Waals surface area contributed by atoms with E-state index in [0.717, 1.165) is 6.42 Å². The van der Waals surface area contributed by atoms with Crippen LogP contribution in [0.5, 0.6) is 0 Å². The van der Waals surface area contributed by atoms with Gasteiger partial charge in [0.1, 0.15) is 6.04 Å². The molecule has 88 valence electrons. The molecule has 7 heteroatoms. The summed E-state index contributed by atoms with van der Waals surface area (Å²) in [6.07, 6.45) is 2.34. The van der Waals surface area contributed by atoms with Gasteiger partial charge in [0.25, 0.3) is 0 Å². The number of guanidine groups is 1. The lowest BCUT2D eigenvalue weighted by Gasteiger charge is -2.04. The number of carbonyl (C=O) groups excluding carboxylic acids is 2. The van der Waals surface area contributed by atoms with Crippen LogP contribution in [-0.4, -0.2) is 37.2 Å². The van der Waals surface area contributed by atoms with Crippen molar-refractivity contribution in [3.05, 3.63) is 0 Å². The van der Waals surface area contributed by atoms with Gasteiger partial charge in [-0.15, -0.1) is 5.10 Å². The van der Waals surface area contributed by atoms with E-state index in [4.69, 9.17) is 0 Å². The summed E-state index contributed by atoms with van der Waals surface area (Å²) in [6, 6.07) is -0.636. The fourth-order valence-corrected chi connectivity index (χ4v) is 1.10. The molecule has 7 nitrogen and oxygen atoms in total. The highest BCUT2D eigenvalue weighted by Gasteiger charge is 2.30. The van der Waals surface area contributed by atoms with Gasteiger partial charge in [0, 0.05) is 6.21 Å². The fourth-order valence-electron chi connectivity index (χ4n) is 1.10. The van der Waals surface area contributed by atoms with E-state index in [1.807, 2.05) is 6.92 Å². The maximum atomic E-state index is 11.4. The van der Waals surface area contributed by atoms with Crippen molar-refractivity contribution in [3.63, 3.8) is 0 Å². The van der Waals surface area contributed by atoms with E-state index in [0.29, 0.717) is 0 Å². The van der Waals surface area contributed by atoms with Crippen LogP contribution in [0.15, 0.2) is 10.2 Å². The maximum Gasteiger partial charge on any atom is 0.308 e. The number of hydrogen-bond acceptors (Lipinski definition) is 5. The van der Waals surface area contributed by atoms with Crippen LogP contribution in [-0.2, 0) is 14.3 Å². The van der Waals surface area contributed by atoms with Crippen LogP contribution in [0.25, 0.3) is 0 Å². The Hall–Kier alpha value is -1.92. The fraction of sp³-hybridized carbons (Fsp3) is 0.556. The molecule has 16 heavy (non-hydrogen) atoms. The smallest absolute Gasteiger partial charge is 0.308 e. The first kappa shape index (κ1) is 12.2. The monoisotopic (exact) mass is 226 g/mol. The predicted octanol–water partition coefficient (Wildman–Crippen LogP) is -0.611. The third kappa shape index (κ3) is 3.34. The van der Waals surface area contributed by atoms with E-state index in [1.54, 1.807) is 6.21 Å². The van der Waals surface area contributed by atoms with Crippen molar-refractivity contribution in [3.8, 4) is 0 Å². The first-order valence-corrected chi connectivity index (χ1v) is 4.91. The molecule has 0 aromatic rings. The number of rotatable bonds is 4. The zero-order valence-electron chi connectivity index (χ0n) is 9.19. The minimum atomic E-state index is -0.636. The lowest BCUT2D eigenvalue weighted by Crippen LogP contribution is -2.32. The van der Waals surface area contributed by atoms with Crippen molar-refractivity contribution >= 4 is 24.1 Å². The van der Waals surface area contributed by atoms with Crippen LogP contribution in [0.4, 0.5) is 0 Å². The molecule has 1 fully saturated rings. The zero-order chi connectivity index (χ0) is 12.0. The van der Waals surface area contributed by atoms with Crippen molar-refractivity contribution in [2.45, 2.75) is 25.8 Å². The summed E-state index contributed by atoms with van der Waals surface area (Å²) in [5.74, 6) is -0.509. The lowest BCUT2D eigenvalue weighted by atomic mass is 10.2. The van der Waals surface area contributed by atoms with Gasteiger partial charge in [-0.25, -0.2) is 0 Å². The number of nitrogens with zero attached hydrogens (tertiary/aromatic N) is 2. The standard InChI is InChI=1S/C9H14N4O3/c1-3-4-10-13-9-11-6(8(15)12-9)5-7(14)16-2/h4,6H,3,5H2,1-2H3,(H2,11,12,13,15)/b10-4+. The Balaban J connectivity index is 2.53. The van der Waals surface area contributed by atoms with Crippen LogP contribution in [0.1, 0.15) is 19.8 Å². The second-order valence-corrected chi connectivity index (χ2v) is 3.12. The molecule has 1 aliphatic rings. The van der Waals surface area contributed by atoms with Crippen LogP contribution in [0.3, 0.4) is 0 Å². The Labute approximate surface area is 93.0 Å². The number of ether oxygens (including phenoxy) is 1. The molecule has 1 heterocycles. The molecule has 0 aromatic carbocycles. The molecule has 0 saturated carbocycles. The minimum Gasteiger partial charge on any atom is -0.469 e. The van der Waals surface area contributed by atoms with Gasteiger partial charge in [-0.2, -0.15) is 5.10 Å². The van der Waals surface area contributed by atoms with E-state index in [9.17, 15) is 9.59 Å². The molecular formula is C9H14N4O3. The average molecular weight is 226 g/mol. The summed E-state index contributed by atoms with van der Waals surface area (Å²) in [6.45, 7) is 1.92. The van der Waals surface area contributed by atoms with E-state index in [-0.39, 0.29) is 18.3 Å². The first-order valence-electron chi connectivity index (χ1n) is 4.91. The summed E-state index contributed by atoms with van der Waals surface area (Å²) in [5.41, 5.74) is 0. The molecule has 1 amide bonds. The Kier molecular flexibility index (Phi) is 4.43. The van der Waals surface area contributed by atoms with E-state index in [2.05, 4.69) is 25.6 Å². The topological polar surface area (TPSA) is 92.2 Å². The van der Waals surface area contributed by atoms with Gasteiger partial charge in [-0.1, -0.05) is 6.92 Å². The number of hydrogen-bond donors (Lipinski definition) is 2. The van der Waals surface area contributed by atoms with Gasteiger partial charge in [0.2, 0.25) is 11.9 Å². The van der Waals surface area contributed by atoms with Crippen molar-refractivity contribution in [1.29, 1.82) is 0 Å². The zero-order valence-corrected chi connectivity index (χ0v) is 9.19. The van der Waals surface area contributed by atoms with Gasteiger partial charge in [-0.05, 0) is 6.42 Å². The molecule has 0 aliphatic carbocycles. The number of esters is 1. The summed E-state index contributed by atoms with van der Waals surface area (Å²) in [7, 11) is 1.27. The molecular weight excluding hydrogens is 212 g/mol. The SMILES string of the molecule is CC/C=N/N=C1\NC(=O)C(CC(=O)OC)N1. The molecule has 1 unspecified atom stereocenters. The second-order valence-electron chi connectivity index (χ2n) is 3.12. The van der Waals surface area contributed by atoms with E-state index >= 15 is 0 Å². The van der Waals surface area contributed by atoms with Crippen molar-refractivity contribution < 1.29 is 14.3 Å². The van der Waals surface area contributed by atoms with Crippen molar-refractivity contribution in [2.24, 2.45) is 10.2 Å². The Bertz CT molecular complexity index is 338. The average Bonchev–Trinajstić information content (AvgIpc) is 2.60. The molecule has 1 aliphatic heterocycles. The van der Waals surface area contributed by atoms with Crippen LogP contribution < -0.4 is 10.6 Å². The number of carbonyl (C=O) groups is 2. The van der Waals surface area contributed by atoms with Gasteiger partial charge < -0.3 is 10.1 Å². The molecule has 1 atom stereocenters. The largest absolute Gasteiger partial charge is 0.469 e. The van der Waals surface area contributed by atoms with Crippen LogP contribution >= 0.6 is 0 Å². The van der Waals surface area contributed by atoms with Gasteiger partial charge in [0.15, 0.2) is 0 Å². The highest BCUT2D eigenvalue weighted by atomic mass is 16.5. The quantitative estimate of drug-likeness (QED) is 0.380. The third-order valence-corrected chi connectivity index (χ3v) is 1.89. The Morgan fingerprint density at radius 1 is 1.62 bits per heavy atom. The molecule has 0 spiro atoms. The normalized spacial score (nSPS) is 22.2. The number of nitrogens with one attached hydrogen (secondary N) is 2. The third-order valence-electron chi connectivity index (χ3n) is 1.89. The molecule has 0 radical (unpaired) electrons. The summed E-state index contributed by atoms with van der Waals surface area (Å²) < 4.78 is 4.47. The molecule has 0 aromatic heterocycles. The van der Waals surface area contributed by atoms with Crippen LogP contribution in [0, 0.1) is 0 Å². The lowest BCUT2D eigenvalue weighted by molar-refractivity contribution is -0.142. The highest BCUT2D eigenvalue weighted by molar-refractivity contribution is 6.07. The second kappa shape index (κ2) is 5.84. The van der Waals surface area contributed by atoms with E-state index < -0.39 is 12.0 Å². The molecule has 0 bridgehead atoms. The molecule has 1 saturated heterocycles. The Morgan fingerprint density at radius 2 is 2.38 bits per heavy atom. The maximum absolute atomic E-state index is 11.4. The van der Waals surface area contributed by atoms with Crippen molar-refractivity contribution in [2.75, 3.05) is 7.11 Å².